The van der Waals surface area contributed by atoms with Crippen molar-refractivity contribution in [3.63, 3.8) is 0 Å². The lowest BCUT2D eigenvalue weighted by molar-refractivity contribution is -0.123. The number of hydrazine groups is 1. The third-order valence-electron chi connectivity index (χ3n) is 4.30. The van der Waals surface area contributed by atoms with Gasteiger partial charge in [0.2, 0.25) is 0 Å². The summed E-state index contributed by atoms with van der Waals surface area (Å²) in [7, 11) is 0. The molecular formula is C24H23BrN2O4. The number of hydrogen-bond donors (Lipinski definition) is 2. The van der Waals surface area contributed by atoms with E-state index in [4.69, 9.17) is 9.47 Å². The molecule has 0 aromatic heterocycles. The van der Waals surface area contributed by atoms with E-state index in [0.29, 0.717) is 28.1 Å². The predicted molar refractivity (Wildman–Crippen MR) is 123 cm³/mol. The van der Waals surface area contributed by atoms with Gasteiger partial charge >= 0.3 is 0 Å². The average molecular weight is 483 g/mol. The molecule has 2 N–H and O–H groups in total. The van der Waals surface area contributed by atoms with E-state index < -0.39 is 11.8 Å². The molecule has 0 unspecified atom stereocenters. The van der Waals surface area contributed by atoms with Crippen LogP contribution in [-0.2, 0) is 4.79 Å². The monoisotopic (exact) mass is 482 g/mol. The molecule has 160 valence electrons. The van der Waals surface area contributed by atoms with Crippen molar-refractivity contribution < 1.29 is 19.1 Å². The van der Waals surface area contributed by atoms with Crippen molar-refractivity contribution in [3.8, 4) is 22.6 Å². The molecule has 0 saturated heterocycles. The highest BCUT2D eigenvalue weighted by Crippen LogP contribution is 2.29. The molecule has 0 aliphatic heterocycles. The number of para-hydroxylation sites is 1. The highest BCUT2D eigenvalue weighted by molar-refractivity contribution is 9.10. The maximum absolute atomic E-state index is 12.3. The fourth-order valence-corrected chi connectivity index (χ4v) is 3.29. The van der Waals surface area contributed by atoms with Crippen LogP contribution in [0.2, 0.25) is 0 Å². The van der Waals surface area contributed by atoms with E-state index in [1.807, 2.05) is 55.5 Å². The van der Waals surface area contributed by atoms with Crippen LogP contribution in [-0.4, -0.2) is 25.0 Å². The van der Waals surface area contributed by atoms with Crippen LogP contribution in [0.25, 0.3) is 11.1 Å². The molecule has 7 heteroatoms. The van der Waals surface area contributed by atoms with Gasteiger partial charge in [0, 0.05) is 11.1 Å². The van der Waals surface area contributed by atoms with Crippen LogP contribution < -0.4 is 20.3 Å². The molecule has 6 nitrogen and oxygen atoms in total. The van der Waals surface area contributed by atoms with E-state index in [0.717, 1.165) is 17.5 Å². The molecule has 3 aromatic rings. The van der Waals surface area contributed by atoms with Crippen molar-refractivity contribution in [1.82, 2.24) is 10.9 Å². The third-order valence-corrected chi connectivity index (χ3v) is 4.92. The van der Waals surface area contributed by atoms with Gasteiger partial charge in [0.05, 0.1) is 11.1 Å². The molecule has 31 heavy (non-hydrogen) atoms. The predicted octanol–water partition coefficient (Wildman–Crippen LogP) is 4.74. The summed E-state index contributed by atoms with van der Waals surface area (Å²) < 4.78 is 11.9. The van der Waals surface area contributed by atoms with Gasteiger partial charge in [0.25, 0.3) is 11.8 Å². The summed E-state index contributed by atoms with van der Waals surface area (Å²) in [5, 5.41) is 0. The first kappa shape index (κ1) is 22.4. The number of halogens is 1. The van der Waals surface area contributed by atoms with Gasteiger partial charge in [-0.05, 0) is 52.2 Å². The zero-order valence-electron chi connectivity index (χ0n) is 17.1. The molecule has 0 atom stereocenters. The average Bonchev–Trinajstić information content (AvgIpc) is 2.81. The number of rotatable bonds is 8. The quantitative estimate of drug-likeness (QED) is 0.454. The van der Waals surface area contributed by atoms with Crippen molar-refractivity contribution in [1.29, 1.82) is 0 Å². The Labute approximate surface area is 189 Å². The molecule has 0 radical (unpaired) electrons. The molecule has 0 aliphatic carbocycles. The van der Waals surface area contributed by atoms with E-state index in [-0.39, 0.29) is 6.61 Å². The Hall–Kier alpha value is -3.32. The summed E-state index contributed by atoms with van der Waals surface area (Å²) in [6.45, 7) is 2.37. The van der Waals surface area contributed by atoms with Gasteiger partial charge in [0.15, 0.2) is 6.61 Å². The van der Waals surface area contributed by atoms with Crippen LogP contribution in [0.4, 0.5) is 0 Å². The van der Waals surface area contributed by atoms with E-state index in [2.05, 4.69) is 26.8 Å². The molecule has 3 aromatic carbocycles. The van der Waals surface area contributed by atoms with E-state index in [1.54, 1.807) is 24.3 Å². The largest absolute Gasteiger partial charge is 0.492 e. The number of amides is 2. The Morgan fingerprint density at radius 3 is 2.35 bits per heavy atom. The van der Waals surface area contributed by atoms with Crippen LogP contribution in [0.3, 0.4) is 0 Å². The maximum atomic E-state index is 12.3. The van der Waals surface area contributed by atoms with Crippen molar-refractivity contribution >= 4 is 27.7 Å². The molecular weight excluding hydrogens is 460 g/mol. The zero-order chi connectivity index (χ0) is 22.1. The minimum atomic E-state index is -0.474. The highest BCUT2D eigenvalue weighted by Gasteiger charge is 2.12. The second kappa shape index (κ2) is 11.2. The molecule has 0 saturated carbocycles. The second-order valence-corrected chi connectivity index (χ2v) is 7.50. The first-order valence-corrected chi connectivity index (χ1v) is 10.7. The van der Waals surface area contributed by atoms with Crippen molar-refractivity contribution in [3.05, 3.63) is 82.8 Å². The normalized spacial score (nSPS) is 10.3. The first-order chi connectivity index (χ1) is 15.1. The molecule has 0 fully saturated rings. The molecule has 3 rings (SSSR count). The Morgan fingerprint density at radius 2 is 1.61 bits per heavy atom. The first-order valence-electron chi connectivity index (χ1n) is 9.87. The number of hydrogen-bond acceptors (Lipinski definition) is 4. The maximum Gasteiger partial charge on any atom is 0.276 e. The summed E-state index contributed by atoms with van der Waals surface area (Å²) in [5.41, 5.74) is 7.01. The smallest absolute Gasteiger partial charge is 0.276 e. The summed E-state index contributed by atoms with van der Waals surface area (Å²) in [6.07, 6.45) is 0.888. The fourth-order valence-electron chi connectivity index (χ4n) is 2.80. The fraction of sp³-hybridized carbons (Fsp3) is 0.167. The molecule has 0 aliphatic rings. The molecule has 0 heterocycles. The van der Waals surface area contributed by atoms with E-state index >= 15 is 0 Å². The summed E-state index contributed by atoms with van der Waals surface area (Å²) in [4.78, 5) is 24.5. The van der Waals surface area contributed by atoms with Crippen LogP contribution in [0, 0.1) is 0 Å². The van der Waals surface area contributed by atoms with Crippen LogP contribution in [0.1, 0.15) is 23.7 Å². The van der Waals surface area contributed by atoms with Crippen molar-refractivity contribution in [2.75, 3.05) is 13.2 Å². The second-order valence-electron chi connectivity index (χ2n) is 6.65. The van der Waals surface area contributed by atoms with Gasteiger partial charge in [0.1, 0.15) is 11.5 Å². The minimum Gasteiger partial charge on any atom is -0.492 e. The topological polar surface area (TPSA) is 76.7 Å². The van der Waals surface area contributed by atoms with E-state index in [9.17, 15) is 9.59 Å². The lowest BCUT2D eigenvalue weighted by Gasteiger charge is -2.13. The summed E-state index contributed by atoms with van der Waals surface area (Å²) in [6, 6.07) is 22.2. The third kappa shape index (κ3) is 6.33. The number of carbonyl (C=O) groups excluding carboxylic acids is 2. The lowest BCUT2D eigenvalue weighted by atomic mass is 10.1. The van der Waals surface area contributed by atoms with Crippen LogP contribution in [0.5, 0.6) is 11.5 Å². The number of benzene rings is 3. The van der Waals surface area contributed by atoms with Gasteiger partial charge in [-0.1, -0.05) is 55.5 Å². The standard InChI is InChI=1S/C24H23BrN2O4/c1-2-14-30-22-13-12-18(15-20(22)25)24(29)27-26-23(28)16-31-21-11-7-6-10-19(21)17-8-4-3-5-9-17/h3-13,15H,2,14,16H2,1H3,(H,26,28)(H,27,29). The van der Waals surface area contributed by atoms with Gasteiger partial charge in [-0.25, -0.2) is 0 Å². The highest BCUT2D eigenvalue weighted by atomic mass is 79.9. The zero-order valence-corrected chi connectivity index (χ0v) is 18.6. The van der Waals surface area contributed by atoms with Gasteiger partial charge in [-0.3, -0.25) is 20.4 Å². The Morgan fingerprint density at radius 1 is 0.871 bits per heavy atom. The van der Waals surface area contributed by atoms with Crippen LogP contribution >= 0.6 is 15.9 Å². The van der Waals surface area contributed by atoms with Gasteiger partial charge < -0.3 is 9.47 Å². The van der Waals surface area contributed by atoms with Crippen molar-refractivity contribution in [2.24, 2.45) is 0 Å². The van der Waals surface area contributed by atoms with Crippen LogP contribution in [0.15, 0.2) is 77.3 Å². The van der Waals surface area contributed by atoms with Crippen molar-refractivity contribution in [2.45, 2.75) is 13.3 Å². The Bertz CT molecular complexity index is 1040. The molecule has 2 amide bonds. The molecule has 0 spiro atoms. The molecule has 0 bridgehead atoms. The van der Waals surface area contributed by atoms with Gasteiger partial charge in [-0.2, -0.15) is 0 Å². The number of ether oxygens (including phenoxy) is 2. The summed E-state index contributed by atoms with van der Waals surface area (Å²) in [5.74, 6) is 0.327. The van der Waals surface area contributed by atoms with Gasteiger partial charge in [-0.15, -0.1) is 0 Å². The SMILES string of the molecule is CCCOc1ccc(C(=O)NNC(=O)COc2ccccc2-c2ccccc2)cc1Br. The number of nitrogens with one attached hydrogen (secondary N) is 2. The Kier molecular flexibility index (Phi) is 8.06. The summed E-state index contributed by atoms with van der Waals surface area (Å²) >= 11 is 3.39. The number of carbonyl (C=O) groups is 2. The lowest BCUT2D eigenvalue weighted by Crippen LogP contribution is -2.43. The Balaban J connectivity index is 1.53. The minimum absolute atomic E-state index is 0.238. The van der Waals surface area contributed by atoms with E-state index in [1.165, 1.54) is 0 Å².